The average molecular weight is 270 g/mol. The summed E-state index contributed by atoms with van der Waals surface area (Å²) < 4.78 is 1.02. The van der Waals surface area contributed by atoms with Gasteiger partial charge in [-0.05, 0) is 47.0 Å². The van der Waals surface area contributed by atoms with Crippen LogP contribution in [-0.2, 0) is 0 Å². The Morgan fingerprint density at radius 1 is 1.20 bits per heavy atom. The molecule has 4 heteroatoms. The number of nitrogen functional groups attached to an aromatic ring is 1. The third kappa shape index (κ3) is 2.86. The van der Waals surface area contributed by atoms with Crippen LogP contribution < -0.4 is 11.2 Å². The van der Waals surface area contributed by atoms with Gasteiger partial charge in [0.15, 0.2) is 0 Å². The molecule has 1 aliphatic heterocycles. The first-order valence-electron chi connectivity index (χ1n) is 5.32. The Balaban J connectivity index is 2.03. The first-order valence-corrected chi connectivity index (χ1v) is 6.11. The zero-order valence-electron chi connectivity index (χ0n) is 8.67. The molecule has 82 valence electrons. The molecule has 1 fully saturated rings. The Hall–Kier alpha value is -0.740. The molecule has 0 unspecified atom stereocenters. The van der Waals surface area contributed by atoms with Crippen LogP contribution in [0.15, 0.2) is 22.7 Å². The molecule has 1 heterocycles. The SMILES string of the molecule is Nc1ccc(NN2CCCCC2)c(Br)c1. The van der Waals surface area contributed by atoms with Gasteiger partial charge in [0.2, 0.25) is 0 Å². The van der Waals surface area contributed by atoms with Crippen LogP contribution in [0.3, 0.4) is 0 Å². The monoisotopic (exact) mass is 269 g/mol. The zero-order chi connectivity index (χ0) is 10.7. The van der Waals surface area contributed by atoms with Crippen molar-refractivity contribution in [1.29, 1.82) is 0 Å². The molecule has 1 aromatic carbocycles. The van der Waals surface area contributed by atoms with Crippen LogP contribution in [0.5, 0.6) is 0 Å². The zero-order valence-corrected chi connectivity index (χ0v) is 10.3. The van der Waals surface area contributed by atoms with E-state index in [2.05, 4.69) is 26.4 Å². The number of anilines is 2. The molecule has 3 nitrogen and oxygen atoms in total. The summed E-state index contributed by atoms with van der Waals surface area (Å²) in [5.41, 5.74) is 11.0. The minimum absolute atomic E-state index is 0.783. The molecule has 0 saturated carbocycles. The number of hydrogen-bond donors (Lipinski definition) is 2. The molecule has 3 N–H and O–H groups in total. The summed E-state index contributed by atoms with van der Waals surface area (Å²) in [4.78, 5) is 0. The largest absolute Gasteiger partial charge is 0.399 e. The van der Waals surface area contributed by atoms with Gasteiger partial charge in [-0.3, -0.25) is 0 Å². The van der Waals surface area contributed by atoms with Crippen molar-refractivity contribution in [2.75, 3.05) is 24.2 Å². The maximum Gasteiger partial charge on any atom is 0.0633 e. The third-order valence-electron chi connectivity index (χ3n) is 2.63. The number of hydrazine groups is 1. The van der Waals surface area contributed by atoms with Gasteiger partial charge >= 0.3 is 0 Å². The van der Waals surface area contributed by atoms with E-state index in [1.54, 1.807) is 0 Å². The molecule has 0 aliphatic carbocycles. The molecular formula is C11H16BrN3. The fourth-order valence-corrected chi connectivity index (χ4v) is 2.28. The highest BCUT2D eigenvalue weighted by Gasteiger charge is 2.10. The molecule has 0 atom stereocenters. The van der Waals surface area contributed by atoms with Gasteiger partial charge in [0.05, 0.1) is 5.69 Å². The summed E-state index contributed by atoms with van der Waals surface area (Å²) in [7, 11) is 0. The van der Waals surface area contributed by atoms with Gasteiger partial charge in [0, 0.05) is 23.2 Å². The Morgan fingerprint density at radius 3 is 2.60 bits per heavy atom. The second-order valence-corrected chi connectivity index (χ2v) is 4.75. The quantitative estimate of drug-likeness (QED) is 0.812. The highest BCUT2D eigenvalue weighted by atomic mass is 79.9. The van der Waals surface area contributed by atoms with Crippen LogP contribution in [-0.4, -0.2) is 18.1 Å². The van der Waals surface area contributed by atoms with Crippen molar-refractivity contribution in [3.8, 4) is 0 Å². The van der Waals surface area contributed by atoms with E-state index < -0.39 is 0 Å². The van der Waals surface area contributed by atoms with Gasteiger partial charge in [-0.15, -0.1) is 0 Å². The maximum atomic E-state index is 5.69. The van der Waals surface area contributed by atoms with Crippen LogP contribution in [0.1, 0.15) is 19.3 Å². The number of nitrogens with zero attached hydrogens (tertiary/aromatic N) is 1. The Morgan fingerprint density at radius 2 is 1.93 bits per heavy atom. The predicted molar refractivity (Wildman–Crippen MR) is 67.6 cm³/mol. The molecule has 1 aliphatic rings. The van der Waals surface area contributed by atoms with Gasteiger partial charge in [0.25, 0.3) is 0 Å². The van der Waals surface area contributed by atoms with E-state index in [9.17, 15) is 0 Å². The smallest absolute Gasteiger partial charge is 0.0633 e. The van der Waals surface area contributed by atoms with Gasteiger partial charge in [0.1, 0.15) is 0 Å². The van der Waals surface area contributed by atoms with Crippen molar-refractivity contribution in [1.82, 2.24) is 5.01 Å². The summed E-state index contributed by atoms with van der Waals surface area (Å²) in [6, 6.07) is 5.84. The van der Waals surface area contributed by atoms with Crippen molar-refractivity contribution in [3.05, 3.63) is 22.7 Å². The highest BCUT2D eigenvalue weighted by Crippen LogP contribution is 2.25. The van der Waals surface area contributed by atoms with E-state index in [0.29, 0.717) is 0 Å². The Kier molecular flexibility index (Phi) is 3.49. The van der Waals surface area contributed by atoms with Crippen LogP contribution in [0.2, 0.25) is 0 Å². The number of hydrogen-bond acceptors (Lipinski definition) is 3. The number of rotatable bonds is 2. The van der Waals surface area contributed by atoms with E-state index in [-0.39, 0.29) is 0 Å². The van der Waals surface area contributed by atoms with Crippen LogP contribution in [0.4, 0.5) is 11.4 Å². The molecule has 1 saturated heterocycles. The average Bonchev–Trinajstić information content (AvgIpc) is 2.24. The first-order chi connectivity index (χ1) is 7.25. The molecule has 2 rings (SSSR count). The fourth-order valence-electron chi connectivity index (χ4n) is 1.80. The lowest BCUT2D eigenvalue weighted by Gasteiger charge is -2.28. The standard InChI is InChI=1S/C11H16BrN3/c12-10-8-9(13)4-5-11(10)14-15-6-2-1-3-7-15/h4-5,8,14H,1-3,6-7,13H2. The number of halogens is 1. The molecule has 1 aromatic rings. The number of benzene rings is 1. The second kappa shape index (κ2) is 4.86. The summed E-state index contributed by atoms with van der Waals surface area (Å²) >= 11 is 3.50. The predicted octanol–water partition coefficient (Wildman–Crippen LogP) is 2.84. The van der Waals surface area contributed by atoms with Gasteiger partial charge in [-0.25, -0.2) is 5.01 Å². The van der Waals surface area contributed by atoms with E-state index in [4.69, 9.17) is 5.73 Å². The second-order valence-electron chi connectivity index (χ2n) is 3.90. The van der Waals surface area contributed by atoms with Crippen molar-refractivity contribution in [3.63, 3.8) is 0 Å². The molecule has 0 spiro atoms. The molecule has 0 aromatic heterocycles. The van der Waals surface area contributed by atoms with E-state index in [1.165, 1.54) is 19.3 Å². The van der Waals surface area contributed by atoms with Crippen LogP contribution in [0, 0.1) is 0 Å². The van der Waals surface area contributed by atoms with E-state index in [0.717, 1.165) is 28.9 Å². The summed E-state index contributed by atoms with van der Waals surface area (Å²) in [6.07, 6.45) is 3.90. The lowest BCUT2D eigenvalue weighted by atomic mass is 10.2. The van der Waals surface area contributed by atoms with E-state index in [1.807, 2.05) is 18.2 Å². The van der Waals surface area contributed by atoms with Gasteiger partial charge < -0.3 is 11.2 Å². The van der Waals surface area contributed by atoms with Crippen LogP contribution >= 0.6 is 15.9 Å². The fraction of sp³-hybridized carbons (Fsp3) is 0.455. The normalized spacial score (nSPS) is 17.7. The lowest BCUT2D eigenvalue weighted by Crippen LogP contribution is -2.34. The molecule has 0 radical (unpaired) electrons. The number of piperidine rings is 1. The molecular weight excluding hydrogens is 254 g/mol. The minimum Gasteiger partial charge on any atom is -0.399 e. The molecule has 15 heavy (non-hydrogen) atoms. The van der Waals surface area contributed by atoms with Crippen molar-refractivity contribution < 1.29 is 0 Å². The van der Waals surface area contributed by atoms with Gasteiger partial charge in [-0.1, -0.05) is 6.42 Å². The molecule has 0 amide bonds. The van der Waals surface area contributed by atoms with Crippen molar-refractivity contribution >= 4 is 27.3 Å². The van der Waals surface area contributed by atoms with Crippen molar-refractivity contribution in [2.24, 2.45) is 0 Å². The van der Waals surface area contributed by atoms with E-state index >= 15 is 0 Å². The van der Waals surface area contributed by atoms with Crippen LogP contribution in [0.25, 0.3) is 0 Å². The first kappa shape index (κ1) is 10.8. The molecule has 0 bridgehead atoms. The minimum atomic E-state index is 0.783. The number of nitrogens with one attached hydrogen (secondary N) is 1. The topological polar surface area (TPSA) is 41.3 Å². The van der Waals surface area contributed by atoms with Gasteiger partial charge in [-0.2, -0.15) is 0 Å². The summed E-state index contributed by atoms with van der Waals surface area (Å²) in [5.74, 6) is 0. The Labute approximate surface area is 98.7 Å². The lowest BCUT2D eigenvalue weighted by molar-refractivity contribution is 0.273. The summed E-state index contributed by atoms with van der Waals surface area (Å²) in [5, 5.41) is 2.26. The number of nitrogens with two attached hydrogens (primary N) is 1. The third-order valence-corrected chi connectivity index (χ3v) is 3.28. The Bertz CT molecular complexity index is 335. The van der Waals surface area contributed by atoms with Crippen molar-refractivity contribution in [2.45, 2.75) is 19.3 Å². The highest BCUT2D eigenvalue weighted by molar-refractivity contribution is 9.10. The maximum absolute atomic E-state index is 5.69. The summed E-state index contributed by atoms with van der Waals surface area (Å²) in [6.45, 7) is 2.24.